The van der Waals surface area contributed by atoms with Crippen molar-refractivity contribution in [3.8, 4) is 5.88 Å². The SMILES string of the molecule is COc1ncnc2c1nc(C(C)Cl)n2Cc1csc(C)n1. The summed E-state index contributed by atoms with van der Waals surface area (Å²) in [6.45, 7) is 4.44. The number of thiazole rings is 1. The smallest absolute Gasteiger partial charge is 0.245 e. The topological polar surface area (TPSA) is 65.7 Å². The molecule has 0 aliphatic heterocycles. The van der Waals surface area contributed by atoms with Crippen molar-refractivity contribution in [1.29, 1.82) is 0 Å². The number of aromatic nitrogens is 5. The summed E-state index contributed by atoms with van der Waals surface area (Å²) >= 11 is 7.87. The van der Waals surface area contributed by atoms with Crippen LogP contribution in [-0.2, 0) is 6.54 Å². The highest BCUT2D eigenvalue weighted by Crippen LogP contribution is 2.28. The molecule has 8 heteroatoms. The minimum absolute atomic E-state index is 0.247. The van der Waals surface area contributed by atoms with Gasteiger partial charge < -0.3 is 9.30 Å². The van der Waals surface area contributed by atoms with Crippen molar-refractivity contribution in [2.45, 2.75) is 25.8 Å². The Morgan fingerprint density at radius 3 is 2.81 bits per heavy atom. The van der Waals surface area contributed by atoms with Gasteiger partial charge in [0.25, 0.3) is 0 Å². The van der Waals surface area contributed by atoms with Crippen LogP contribution in [0.1, 0.15) is 28.8 Å². The van der Waals surface area contributed by atoms with Gasteiger partial charge in [-0.2, -0.15) is 4.98 Å². The quantitative estimate of drug-likeness (QED) is 0.691. The summed E-state index contributed by atoms with van der Waals surface area (Å²) in [4.78, 5) is 17.4. The number of ether oxygens (including phenoxy) is 1. The van der Waals surface area contributed by atoms with E-state index < -0.39 is 0 Å². The summed E-state index contributed by atoms with van der Waals surface area (Å²) in [7, 11) is 1.56. The number of alkyl halides is 1. The molecule has 1 atom stereocenters. The van der Waals surface area contributed by atoms with Crippen molar-refractivity contribution in [3.63, 3.8) is 0 Å². The second kappa shape index (κ2) is 5.57. The van der Waals surface area contributed by atoms with E-state index in [2.05, 4.69) is 19.9 Å². The predicted molar refractivity (Wildman–Crippen MR) is 82.1 cm³/mol. The molecular formula is C13H14ClN5OS. The third-order valence-corrected chi connectivity index (χ3v) is 4.08. The normalized spacial score (nSPS) is 12.8. The van der Waals surface area contributed by atoms with E-state index in [1.807, 2.05) is 23.8 Å². The van der Waals surface area contributed by atoms with Crippen LogP contribution in [0.3, 0.4) is 0 Å². The molecule has 0 aliphatic rings. The lowest BCUT2D eigenvalue weighted by molar-refractivity contribution is 0.401. The molecule has 0 N–H and O–H groups in total. The second-order valence-corrected chi connectivity index (χ2v) is 6.30. The number of nitrogens with zero attached hydrogens (tertiary/aromatic N) is 5. The highest BCUT2D eigenvalue weighted by molar-refractivity contribution is 7.09. The highest BCUT2D eigenvalue weighted by Gasteiger charge is 2.20. The summed E-state index contributed by atoms with van der Waals surface area (Å²) < 4.78 is 7.21. The van der Waals surface area contributed by atoms with E-state index >= 15 is 0 Å². The lowest BCUT2D eigenvalue weighted by Crippen LogP contribution is -2.07. The summed E-state index contributed by atoms with van der Waals surface area (Å²) in [5.41, 5.74) is 2.29. The first kappa shape index (κ1) is 14.2. The molecule has 110 valence electrons. The number of methoxy groups -OCH3 is 1. The van der Waals surface area contributed by atoms with Crippen LogP contribution in [0.5, 0.6) is 5.88 Å². The third-order valence-electron chi connectivity index (χ3n) is 3.06. The van der Waals surface area contributed by atoms with Crippen LogP contribution in [0.2, 0.25) is 0 Å². The third kappa shape index (κ3) is 2.58. The summed E-state index contributed by atoms with van der Waals surface area (Å²) in [5, 5.41) is 2.81. The van der Waals surface area contributed by atoms with Gasteiger partial charge in [0, 0.05) is 5.38 Å². The number of imidazole rings is 1. The molecule has 0 amide bonds. The molecule has 0 aliphatic carbocycles. The predicted octanol–water partition coefficient (Wildman–Crippen LogP) is 2.95. The maximum absolute atomic E-state index is 6.26. The van der Waals surface area contributed by atoms with Crippen LogP contribution in [-0.4, -0.2) is 31.6 Å². The van der Waals surface area contributed by atoms with Crippen LogP contribution >= 0.6 is 22.9 Å². The number of rotatable bonds is 4. The minimum Gasteiger partial charge on any atom is -0.479 e. The van der Waals surface area contributed by atoms with E-state index in [0.29, 0.717) is 23.6 Å². The van der Waals surface area contributed by atoms with Gasteiger partial charge in [-0.1, -0.05) is 0 Å². The van der Waals surface area contributed by atoms with Gasteiger partial charge in [-0.15, -0.1) is 22.9 Å². The van der Waals surface area contributed by atoms with E-state index in [1.54, 1.807) is 18.4 Å². The fraction of sp³-hybridized carbons (Fsp3) is 0.385. The van der Waals surface area contributed by atoms with Crippen molar-refractivity contribution in [3.05, 3.63) is 28.2 Å². The van der Waals surface area contributed by atoms with Gasteiger partial charge >= 0.3 is 0 Å². The number of halogens is 1. The zero-order valence-electron chi connectivity index (χ0n) is 11.9. The van der Waals surface area contributed by atoms with E-state index in [1.165, 1.54) is 6.33 Å². The van der Waals surface area contributed by atoms with Crippen LogP contribution in [0.25, 0.3) is 11.2 Å². The van der Waals surface area contributed by atoms with Gasteiger partial charge in [-0.25, -0.2) is 15.0 Å². The van der Waals surface area contributed by atoms with Crippen LogP contribution in [0.4, 0.5) is 0 Å². The molecule has 0 aromatic carbocycles. The van der Waals surface area contributed by atoms with Crippen LogP contribution < -0.4 is 4.74 Å². The Bertz CT molecular complexity index is 782. The van der Waals surface area contributed by atoms with Gasteiger partial charge in [0.05, 0.1) is 29.7 Å². The number of hydrogen-bond donors (Lipinski definition) is 0. The molecular weight excluding hydrogens is 310 g/mol. The van der Waals surface area contributed by atoms with Gasteiger partial charge in [-0.3, -0.25) is 0 Å². The molecule has 6 nitrogen and oxygen atoms in total. The molecule has 0 spiro atoms. The monoisotopic (exact) mass is 323 g/mol. The summed E-state index contributed by atoms with van der Waals surface area (Å²) in [6.07, 6.45) is 1.47. The first-order valence-corrected chi connectivity index (χ1v) is 7.72. The maximum Gasteiger partial charge on any atom is 0.245 e. The van der Waals surface area contributed by atoms with Gasteiger partial charge in [0.2, 0.25) is 5.88 Å². The second-order valence-electron chi connectivity index (χ2n) is 4.59. The fourth-order valence-electron chi connectivity index (χ4n) is 2.18. The van der Waals surface area contributed by atoms with Crippen molar-refractivity contribution >= 4 is 34.1 Å². The Morgan fingerprint density at radius 2 is 2.19 bits per heavy atom. The van der Waals surface area contributed by atoms with Gasteiger partial charge in [-0.05, 0) is 13.8 Å². The average molecular weight is 324 g/mol. The van der Waals surface area contributed by atoms with Crippen molar-refractivity contribution in [2.75, 3.05) is 7.11 Å². The van der Waals surface area contributed by atoms with Crippen LogP contribution in [0.15, 0.2) is 11.7 Å². The van der Waals surface area contributed by atoms with Crippen molar-refractivity contribution < 1.29 is 4.74 Å². The molecule has 3 aromatic rings. The average Bonchev–Trinajstić information content (AvgIpc) is 3.03. The lowest BCUT2D eigenvalue weighted by atomic mass is 10.4. The molecule has 3 rings (SSSR count). The molecule has 0 radical (unpaired) electrons. The molecule has 0 fully saturated rings. The standard InChI is InChI=1S/C13H14ClN5OS/c1-7(14)11-18-10-12(15-6-16-13(10)20-3)19(11)4-9-5-21-8(2)17-9/h5-7H,4H2,1-3H3. The van der Waals surface area contributed by atoms with Crippen LogP contribution in [0, 0.1) is 6.92 Å². The van der Waals surface area contributed by atoms with Gasteiger partial charge in [0.1, 0.15) is 12.2 Å². The zero-order valence-corrected chi connectivity index (χ0v) is 13.4. The minimum atomic E-state index is -0.247. The molecule has 1 unspecified atom stereocenters. The van der Waals surface area contributed by atoms with Gasteiger partial charge in [0.15, 0.2) is 11.2 Å². The Morgan fingerprint density at radius 1 is 1.38 bits per heavy atom. The van der Waals surface area contributed by atoms with E-state index in [4.69, 9.17) is 16.3 Å². The fourth-order valence-corrected chi connectivity index (χ4v) is 2.95. The number of fused-ring (bicyclic) bond motifs is 1. The Labute approximate surface area is 130 Å². The lowest BCUT2D eigenvalue weighted by Gasteiger charge is -2.08. The van der Waals surface area contributed by atoms with Crippen molar-refractivity contribution in [1.82, 2.24) is 24.5 Å². The largest absolute Gasteiger partial charge is 0.479 e. The number of hydrogen-bond acceptors (Lipinski definition) is 6. The molecule has 0 saturated heterocycles. The summed E-state index contributed by atoms with van der Waals surface area (Å²) in [6, 6.07) is 0. The zero-order chi connectivity index (χ0) is 15.0. The highest BCUT2D eigenvalue weighted by atomic mass is 35.5. The molecule has 21 heavy (non-hydrogen) atoms. The molecule has 3 heterocycles. The first-order chi connectivity index (χ1) is 10.1. The van der Waals surface area contributed by atoms with E-state index in [-0.39, 0.29) is 5.38 Å². The van der Waals surface area contributed by atoms with E-state index in [0.717, 1.165) is 16.5 Å². The molecule has 0 saturated carbocycles. The molecule has 0 bridgehead atoms. The Hall–Kier alpha value is -1.73. The molecule has 3 aromatic heterocycles. The van der Waals surface area contributed by atoms with Crippen molar-refractivity contribution in [2.24, 2.45) is 0 Å². The van der Waals surface area contributed by atoms with E-state index in [9.17, 15) is 0 Å². The Kier molecular flexibility index (Phi) is 3.77. The summed E-state index contributed by atoms with van der Waals surface area (Å²) in [5.74, 6) is 1.18. The maximum atomic E-state index is 6.26. The Balaban J connectivity index is 2.16. The first-order valence-electron chi connectivity index (χ1n) is 6.40. The number of aryl methyl sites for hydroxylation is 1.